The molecule has 11 heteroatoms. The van der Waals surface area contributed by atoms with Crippen LogP contribution in [0.3, 0.4) is 0 Å². The molecule has 1 rings (SSSR count). The van der Waals surface area contributed by atoms with E-state index in [1.54, 1.807) is 0 Å². The Kier molecular flexibility index (Phi) is 41.1. The third kappa shape index (κ3) is 32.7. The summed E-state index contributed by atoms with van der Waals surface area (Å²) in [5.41, 5.74) is 0. The molecule has 0 aliphatic carbocycles. The number of unbranched alkanes of at least 4 members (excludes halogenated alkanes) is 27. The highest BCUT2D eigenvalue weighted by molar-refractivity contribution is 5.80. The van der Waals surface area contributed by atoms with Crippen molar-refractivity contribution in [3.63, 3.8) is 0 Å². The molecule has 1 amide bonds. The van der Waals surface area contributed by atoms with Gasteiger partial charge in [0.05, 0.1) is 25.4 Å². The molecule has 0 aromatic rings. The lowest BCUT2D eigenvalue weighted by molar-refractivity contribution is -0.303. The van der Waals surface area contributed by atoms with Crippen molar-refractivity contribution < 1.29 is 50.0 Å². The average Bonchev–Trinajstić information content (AvgIpc) is 3.31. The van der Waals surface area contributed by atoms with Crippen molar-refractivity contribution in [1.82, 2.24) is 5.32 Å². The molecule has 1 aliphatic rings. The molecule has 1 fully saturated rings. The standard InChI is InChI=1S/C54H101NO10/c1-3-5-7-9-11-13-15-16-17-18-19-20-21-22-23-24-25-26-27-28-29-30-32-34-36-38-40-42-47(58)53(63)55-45(44-64-54-52(62)51(61)50(60)48(43-56)65-54)49(59)46(57)41-39-37-35-33-31-14-12-10-8-6-4-2/h10,12,22-23,33,35,45-52,54,56-62H,3-9,11,13-21,24-32,34,36-44H2,1-2H3,(H,55,63)/b12-10+,23-22-,35-33+. The van der Waals surface area contributed by atoms with Gasteiger partial charge in [-0.05, 0) is 70.6 Å². The van der Waals surface area contributed by atoms with E-state index in [4.69, 9.17) is 9.47 Å². The van der Waals surface area contributed by atoms with Gasteiger partial charge in [-0.2, -0.15) is 0 Å². The van der Waals surface area contributed by atoms with Gasteiger partial charge in [-0.15, -0.1) is 0 Å². The van der Waals surface area contributed by atoms with Gasteiger partial charge < -0.3 is 50.5 Å². The van der Waals surface area contributed by atoms with Crippen LogP contribution >= 0.6 is 0 Å². The van der Waals surface area contributed by atoms with Crippen LogP contribution in [0.15, 0.2) is 36.5 Å². The van der Waals surface area contributed by atoms with E-state index in [0.717, 1.165) is 38.5 Å². The number of ether oxygens (including phenoxy) is 2. The van der Waals surface area contributed by atoms with Gasteiger partial charge in [-0.3, -0.25) is 4.79 Å². The van der Waals surface area contributed by atoms with E-state index < -0.39 is 74.2 Å². The third-order valence-corrected chi connectivity index (χ3v) is 12.9. The van der Waals surface area contributed by atoms with Crippen molar-refractivity contribution in [3.8, 4) is 0 Å². The molecule has 0 aromatic heterocycles. The number of aliphatic hydroxyl groups is 7. The smallest absolute Gasteiger partial charge is 0.249 e. The lowest BCUT2D eigenvalue weighted by atomic mass is 9.98. The molecule has 0 aromatic carbocycles. The van der Waals surface area contributed by atoms with Crippen LogP contribution in [0, 0.1) is 0 Å². The van der Waals surface area contributed by atoms with Crippen LogP contribution in [0.1, 0.15) is 232 Å². The quantitative estimate of drug-likeness (QED) is 0.0216. The number of hydrogen-bond acceptors (Lipinski definition) is 10. The molecular formula is C54H101NO10. The summed E-state index contributed by atoms with van der Waals surface area (Å²) in [6, 6.07) is -1.19. The van der Waals surface area contributed by atoms with Crippen molar-refractivity contribution in [3.05, 3.63) is 36.5 Å². The monoisotopic (exact) mass is 924 g/mol. The highest BCUT2D eigenvalue weighted by atomic mass is 16.7. The second kappa shape index (κ2) is 43.6. The number of amides is 1. The molecule has 11 nitrogen and oxygen atoms in total. The predicted octanol–water partition coefficient (Wildman–Crippen LogP) is 10.3. The minimum absolute atomic E-state index is 0.245. The summed E-state index contributed by atoms with van der Waals surface area (Å²) in [4.78, 5) is 13.1. The highest BCUT2D eigenvalue weighted by Crippen LogP contribution is 2.23. The molecule has 382 valence electrons. The number of carbonyl (C=O) groups excluding carboxylic acids is 1. The maximum absolute atomic E-state index is 13.1. The fourth-order valence-electron chi connectivity index (χ4n) is 8.44. The first-order chi connectivity index (χ1) is 31.7. The van der Waals surface area contributed by atoms with Gasteiger partial charge >= 0.3 is 0 Å². The SMILES string of the molecule is CCCC/C=C/CC/C=C/CCCC(O)C(O)C(COC1OC(CO)C(O)C(O)C1O)NC(=O)C(O)CCCCCCCCCCCCC/C=C\CCCCCCCCCCCCCC. The van der Waals surface area contributed by atoms with Crippen molar-refractivity contribution in [1.29, 1.82) is 0 Å². The van der Waals surface area contributed by atoms with Crippen molar-refractivity contribution in [2.75, 3.05) is 13.2 Å². The number of rotatable bonds is 45. The number of nitrogens with one attached hydrogen (secondary N) is 1. The number of allylic oxidation sites excluding steroid dienone is 6. The third-order valence-electron chi connectivity index (χ3n) is 12.9. The second-order valence-corrected chi connectivity index (χ2v) is 18.9. The molecule has 9 atom stereocenters. The molecule has 0 radical (unpaired) electrons. The van der Waals surface area contributed by atoms with Crippen LogP contribution in [0.5, 0.6) is 0 Å². The molecule has 0 spiro atoms. The second-order valence-electron chi connectivity index (χ2n) is 18.9. The van der Waals surface area contributed by atoms with Gasteiger partial charge in [-0.1, -0.05) is 198 Å². The van der Waals surface area contributed by atoms with E-state index in [1.165, 1.54) is 148 Å². The molecule has 8 N–H and O–H groups in total. The van der Waals surface area contributed by atoms with Gasteiger partial charge in [0.15, 0.2) is 6.29 Å². The van der Waals surface area contributed by atoms with Crippen LogP contribution in [0.2, 0.25) is 0 Å². The molecule has 0 saturated carbocycles. The number of aliphatic hydroxyl groups excluding tert-OH is 7. The summed E-state index contributed by atoms with van der Waals surface area (Å²) in [6.45, 7) is 3.38. The van der Waals surface area contributed by atoms with Crippen molar-refractivity contribution in [2.45, 2.75) is 287 Å². The maximum Gasteiger partial charge on any atom is 0.249 e. The summed E-state index contributed by atoms with van der Waals surface area (Å²) in [6.07, 6.45) is 40.8. The molecule has 0 bridgehead atoms. The summed E-state index contributed by atoms with van der Waals surface area (Å²) >= 11 is 0. The molecule has 1 aliphatic heterocycles. The van der Waals surface area contributed by atoms with Crippen LogP contribution in [-0.4, -0.2) is 110 Å². The fourth-order valence-corrected chi connectivity index (χ4v) is 8.44. The van der Waals surface area contributed by atoms with Crippen molar-refractivity contribution >= 4 is 5.91 Å². The fraction of sp³-hybridized carbons (Fsp3) is 0.870. The van der Waals surface area contributed by atoms with Gasteiger partial charge in [0.1, 0.15) is 36.6 Å². The largest absolute Gasteiger partial charge is 0.394 e. The van der Waals surface area contributed by atoms with E-state index in [2.05, 4.69) is 55.6 Å². The normalized spacial score (nSPS) is 21.2. The maximum atomic E-state index is 13.1. The van der Waals surface area contributed by atoms with Gasteiger partial charge in [0.25, 0.3) is 0 Å². The Morgan fingerprint density at radius 3 is 1.42 bits per heavy atom. The van der Waals surface area contributed by atoms with Crippen molar-refractivity contribution in [2.24, 2.45) is 0 Å². The summed E-state index contributed by atoms with van der Waals surface area (Å²) in [5.74, 6) is -0.712. The molecule has 9 unspecified atom stereocenters. The van der Waals surface area contributed by atoms with Gasteiger partial charge in [-0.25, -0.2) is 0 Å². The van der Waals surface area contributed by atoms with Crippen LogP contribution < -0.4 is 5.32 Å². The number of hydrogen-bond donors (Lipinski definition) is 8. The Hall–Kier alpha value is -1.67. The van der Waals surface area contributed by atoms with Crippen LogP contribution in [-0.2, 0) is 14.3 Å². The lowest BCUT2D eigenvalue weighted by Crippen LogP contribution is -2.60. The molecule has 1 saturated heterocycles. The highest BCUT2D eigenvalue weighted by Gasteiger charge is 2.44. The molecule has 1 heterocycles. The Morgan fingerprint density at radius 1 is 0.523 bits per heavy atom. The van der Waals surface area contributed by atoms with Crippen LogP contribution in [0.4, 0.5) is 0 Å². The zero-order chi connectivity index (χ0) is 47.6. The van der Waals surface area contributed by atoms with Gasteiger partial charge in [0.2, 0.25) is 5.91 Å². The number of carbonyl (C=O) groups is 1. The minimum atomic E-state index is -1.67. The van der Waals surface area contributed by atoms with Crippen LogP contribution in [0.25, 0.3) is 0 Å². The summed E-state index contributed by atoms with van der Waals surface area (Å²) in [7, 11) is 0. The van der Waals surface area contributed by atoms with E-state index in [0.29, 0.717) is 19.3 Å². The first-order valence-electron chi connectivity index (χ1n) is 26.9. The topological polar surface area (TPSA) is 189 Å². The summed E-state index contributed by atoms with van der Waals surface area (Å²) < 4.78 is 11.1. The zero-order valence-electron chi connectivity index (χ0n) is 41.5. The first kappa shape index (κ1) is 61.3. The Bertz CT molecular complexity index is 1150. The first-order valence-corrected chi connectivity index (χ1v) is 26.9. The van der Waals surface area contributed by atoms with E-state index in [9.17, 15) is 40.5 Å². The van der Waals surface area contributed by atoms with E-state index >= 15 is 0 Å². The molecule has 65 heavy (non-hydrogen) atoms. The van der Waals surface area contributed by atoms with E-state index in [1.807, 2.05) is 0 Å². The van der Waals surface area contributed by atoms with Gasteiger partial charge in [0, 0.05) is 0 Å². The average molecular weight is 924 g/mol. The zero-order valence-corrected chi connectivity index (χ0v) is 41.5. The van der Waals surface area contributed by atoms with E-state index in [-0.39, 0.29) is 12.8 Å². The Morgan fingerprint density at radius 2 is 0.938 bits per heavy atom. The lowest BCUT2D eigenvalue weighted by Gasteiger charge is -2.40. The minimum Gasteiger partial charge on any atom is -0.394 e. The Labute approximate surface area is 397 Å². The summed E-state index contributed by atoms with van der Waals surface area (Å²) in [5, 5.41) is 75.7. The Balaban J connectivity index is 2.27. The molecular weight excluding hydrogens is 823 g/mol. The predicted molar refractivity (Wildman–Crippen MR) is 265 cm³/mol.